The number of nitrogens with zero attached hydrogens (tertiary/aromatic N) is 3. The van der Waals surface area contributed by atoms with E-state index in [0.29, 0.717) is 5.69 Å². The summed E-state index contributed by atoms with van der Waals surface area (Å²) >= 11 is 0. The number of rotatable bonds is 5. The molecule has 6 heteroatoms. The lowest BCUT2D eigenvalue weighted by Crippen LogP contribution is -2.35. The zero-order chi connectivity index (χ0) is 17.3. The van der Waals surface area contributed by atoms with Gasteiger partial charge in [-0.2, -0.15) is 0 Å². The zero-order valence-corrected chi connectivity index (χ0v) is 13.3. The molecule has 0 saturated carbocycles. The molecule has 0 heterocycles. The summed E-state index contributed by atoms with van der Waals surface area (Å²) in [4.78, 5) is 16.8. The highest BCUT2D eigenvalue weighted by molar-refractivity contribution is 5.68. The molecule has 124 valence electrons. The molecule has 0 fully saturated rings. The Kier molecular flexibility index (Phi) is 5.48. The number of hydrogen-bond acceptors (Lipinski definition) is 5. The van der Waals surface area contributed by atoms with Crippen LogP contribution in [-0.2, 0) is 4.84 Å². The molecule has 1 N–H and O–H groups in total. The van der Waals surface area contributed by atoms with E-state index in [1.807, 2.05) is 78.9 Å². The van der Waals surface area contributed by atoms with Crippen molar-refractivity contribution in [3.8, 4) is 0 Å². The number of azo groups is 1. The number of nitrogens with one attached hydrogen (secondary N) is 1. The highest BCUT2D eigenvalue weighted by Gasteiger charge is 2.11. The van der Waals surface area contributed by atoms with Crippen LogP contribution in [0.25, 0.3) is 0 Å². The van der Waals surface area contributed by atoms with Gasteiger partial charge in [-0.3, -0.25) is 0 Å². The van der Waals surface area contributed by atoms with Gasteiger partial charge in [0, 0.05) is 0 Å². The van der Waals surface area contributed by atoms with Crippen molar-refractivity contribution in [3.05, 3.63) is 91.0 Å². The number of carbonyl (C=O) groups is 1. The Hall–Kier alpha value is -3.51. The third-order valence-electron chi connectivity index (χ3n) is 3.26. The smallest absolute Gasteiger partial charge is 0.330 e. The minimum absolute atomic E-state index is 0.572. The first-order valence-corrected chi connectivity index (χ1v) is 7.66. The van der Waals surface area contributed by atoms with Gasteiger partial charge in [-0.05, 0) is 36.4 Å². The number of amides is 1. The van der Waals surface area contributed by atoms with E-state index in [9.17, 15) is 4.79 Å². The second kappa shape index (κ2) is 8.37. The van der Waals surface area contributed by atoms with Crippen molar-refractivity contribution in [2.75, 3.05) is 5.01 Å². The van der Waals surface area contributed by atoms with Crippen molar-refractivity contribution in [1.29, 1.82) is 0 Å². The largest absolute Gasteiger partial charge is 0.472 e. The molecule has 0 aliphatic heterocycles. The predicted molar refractivity (Wildman–Crippen MR) is 95.6 cm³/mol. The Morgan fingerprint density at radius 1 is 0.760 bits per heavy atom. The molecule has 3 aromatic rings. The van der Waals surface area contributed by atoms with E-state index < -0.39 is 6.09 Å². The van der Waals surface area contributed by atoms with E-state index in [0.717, 1.165) is 11.4 Å². The maximum atomic E-state index is 11.8. The molecule has 6 nitrogen and oxygen atoms in total. The first-order valence-electron chi connectivity index (χ1n) is 7.66. The second-order valence-corrected chi connectivity index (χ2v) is 5.00. The quantitative estimate of drug-likeness (QED) is 0.517. The summed E-state index contributed by atoms with van der Waals surface area (Å²) in [5, 5.41) is 8.98. The van der Waals surface area contributed by atoms with E-state index in [1.165, 1.54) is 0 Å². The van der Waals surface area contributed by atoms with Crippen LogP contribution in [0.15, 0.2) is 101 Å². The fraction of sp³-hybridized carbons (Fsp3) is 0. The summed E-state index contributed by atoms with van der Waals surface area (Å²) in [5.74, 6) is 0. The molecule has 0 bridgehead atoms. The number of hydrogen-bond donors (Lipinski definition) is 1. The molecule has 0 atom stereocenters. The monoisotopic (exact) mass is 332 g/mol. The SMILES string of the molecule is O=C(N=Nc1ccccc1)ONN(c1ccccc1)c1ccccc1. The van der Waals surface area contributed by atoms with E-state index >= 15 is 0 Å². The molecule has 3 aromatic carbocycles. The van der Waals surface area contributed by atoms with Gasteiger partial charge >= 0.3 is 6.09 Å². The minimum Gasteiger partial charge on any atom is -0.330 e. The lowest BCUT2D eigenvalue weighted by atomic mass is 10.2. The highest BCUT2D eigenvalue weighted by atomic mass is 16.7. The number of benzene rings is 3. The standard InChI is InChI=1S/C19H16N4O2/c24-19(21-20-16-10-4-1-5-11-16)25-22-23(17-12-6-2-7-13-17)18-14-8-3-9-15-18/h1-15,22H. The van der Waals surface area contributed by atoms with Gasteiger partial charge in [0.25, 0.3) is 0 Å². The summed E-state index contributed by atoms with van der Waals surface area (Å²) in [5.41, 5.74) is 4.80. The fourth-order valence-electron chi connectivity index (χ4n) is 2.11. The Bertz CT molecular complexity index is 784. The van der Waals surface area contributed by atoms with Crippen molar-refractivity contribution in [3.63, 3.8) is 0 Å². The van der Waals surface area contributed by atoms with Gasteiger partial charge < -0.3 is 4.84 Å². The number of para-hydroxylation sites is 2. The molecule has 0 aromatic heterocycles. The van der Waals surface area contributed by atoms with Crippen LogP contribution in [0.4, 0.5) is 21.9 Å². The molecule has 1 amide bonds. The molecular weight excluding hydrogens is 316 g/mol. The molecular formula is C19H16N4O2. The van der Waals surface area contributed by atoms with Gasteiger partial charge in [-0.15, -0.1) is 5.11 Å². The van der Waals surface area contributed by atoms with Gasteiger partial charge in [0.15, 0.2) is 0 Å². The maximum absolute atomic E-state index is 11.8. The van der Waals surface area contributed by atoms with Crippen LogP contribution in [0.5, 0.6) is 0 Å². The molecule has 25 heavy (non-hydrogen) atoms. The third-order valence-corrected chi connectivity index (χ3v) is 3.26. The first-order chi connectivity index (χ1) is 12.3. The van der Waals surface area contributed by atoms with Crippen molar-refractivity contribution in [2.24, 2.45) is 10.2 Å². The highest BCUT2D eigenvalue weighted by Crippen LogP contribution is 2.22. The van der Waals surface area contributed by atoms with Gasteiger partial charge in [-0.25, -0.2) is 9.80 Å². The topological polar surface area (TPSA) is 66.3 Å². The average Bonchev–Trinajstić information content (AvgIpc) is 2.69. The van der Waals surface area contributed by atoms with Crippen LogP contribution in [0.3, 0.4) is 0 Å². The third kappa shape index (κ3) is 4.73. The Labute approximate surface area is 145 Å². The maximum Gasteiger partial charge on any atom is 0.472 e. The second-order valence-electron chi connectivity index (χ2n) is 5.00. The first kappa shape index (κ1) is 16.4. The molecule has 0 unspecified atom stereocenters. The van der Waals surface area contributed by atoms with Crippen LogP contribution in [0.1, 0.15) is 0 Å². The van der Waals surface area contributed by atoms with Crippen LogP contribution in [0.2, 0.25) is 0 Å². The summed E-state index contributed by atoms with van der Waals surface area (Å²) in [6, 6.07) is 27.9. The molecule has 0 spiro atoms. The summed E-state index contributed by atoms with van der Waals surface area (Å²) < 4.78 is 0. The van der Waals surface area contributed by atoms with Crippen molar-refractivity contribution in [2.45, 2.75) is 0 Å². The lowest BCUT2D eigenvalue weighted by molar-refractivity contribution is 0.0979. The van der Waals surface area contributed by atoms with Crippen LogP contribution >= 0.6 is 0 Å². The summed E-state index contributed by atoms with van der Waals surface area (Å²) in [7, 11) is 0. The number of hydrazine groups is 1. The minimum atomic E-state index is -0.847. The molecule has 0 radical (unpaired) electrons. The summed E-state index contributed by atoms with van der Waals surface area (Å²) in [6.07, 6.45) is -0.847. The molecule has 0 aliphatic rings. The molecule has 3 rings (SSSR count). The Balaban J connectivity index is 1.69. The average molecular weight is 332 g/mol. The number of anilines is 2. The van der Waals surface area contributed by atoms with Gasteiger partial charge in [0.05, 0.1) is 17.1 Å². The fourth-order valence-corrected chi connectivity index (χ4v) is 2.11. The lowest BCUT2D eigenvalue weighted by Gasteiger charge is -2.23. The van der Waals surface area contributed by atoms with E-state index in [4.69, 9.17) is 4.84 Å². The van der Waals surface area contributed by atoms with Gasteiger partial charge in [-0.1, -0.05) is 65.3 Å². The zero-order valence-electron chi connectivity index (χ0n) is 13.3. The van der Waals surface area contributed by atoms with Crippen molar-refractivity contribution < 1.29 is 9.63 Å². The van der Waals surface area contributed by atoms with E-state index in [2.05, 4.69) is 15.8 Å². The van der Waals surface area contributed by atoms with Crippen molar-refractivity contribution >= 4 is 23.2 Å². The van der Waals surface area contributed by atoms with Crippen LogP contribution in [-0.4, -0.2) is 6.09 Å². The molecule has 0 aliphatic carbocycles. The van der Waals surface area contributed by atoms with Crippen LogP contribution in [0, 0.1) is 0 Å². The van der Waals surface area contributed by atoms with Gasteiger partial charge in [0.1, 0.15) is 0 Å². The van der Waals surface area contributed by atoms with E-state index in [-0.39, 0.29) is 0 Å². The normalized spacial score (nSPS) is 10.6. The summed E-state index contributed by atoms with van der Waals surface area (Å²) in [6.45, 7) is 0. The Morgan fingerprint density at radius 3 is 1.76 bits per heavy atom. The van der Waals surface area contributed by atoms with E-state index in [1.54, 1.807) is 17.1 Å². The van der Waals surface area contributed by atoms with Crippen molar-refractivity contribution in [1.82, 2.24) is 5.59 Å². The van der Waals surface area contributed by atoms with Crippen LogP contribution < -0.4 is 10.6 Å². The number of carbonyl (C=O) groups excluding carboxylic acids is 1. The van der Waals surface area contributed by atoms with Gasteiger partial charge in [0.2, 0.25) is 0 Å². The molecule has 0 saturated heterocycles. The Morgan fingerprint density at radius 2 is 1.24 bits per heavy atom. The predicted octanol–water partition coefficient (Wildman–Crippen LogP) is 5.16.